The molecule has 0 fully saturated rings. The molecule has 0 bridgehead atoms. The third-order valence-corrected chi connectivity index (χ3v) is 7.19. The normalized spacial score (nSPS) is 17.2. The van der Waals surface area contributed by atoms with Crippen LogP contribution in [-0.2, 0) is 27.3 Å². The number of H-pyrrole nitrogens is 1. The molecule has 1 heterocycles. The van der Waals surface area contributed by atoms with Crippen molar-refractivity contribution in [3.8, 4) is 0 Å². The van der Waals surface area contributed by atoms with E-state index in [1.54, 1.807) is 6.20 Å². The fourth-order valence-corrected chi connectivity index (χ4v) is 5.55. The molecule has 3 aromatic rings. The van der Waals surface area contributed by atoms with Gasteiger partial charge >= 0.3 is 5.97 Å². The molecule has 0 spiro atoms. The van der Waals surface area contributed by atoms with E-state index in [1.807, 2.05) is 36.4 Å². The lowest BCUT2D eigenvalue weighted by Gasteiger charge is -2.32. The zero-order valence-corrected chi connectivity index (χ0v) is 20.1. The number of thiol groups is 1. The van der Waals surface area contributed by atoms with Gasteiger partial charge in [0.15, 0.2) is 6.04 Å². The number of benzene rings is 2. The number of nitrogens with one attached hydrogen (secondary N) is 1. The molecule has 1 aromatic heterocycles. The van der Waals surface area contributed by atoms with Gasteiger partial charge in [-0.05, 0) is 53.6 Å². The first kappa shape index (κ1) is 22.9. The Morgan fingerprint density at radius 1 is 1.31 bits per heavy atom. The minimum Gasteiger partial charge on any atom is -0.480 e. The van der Waals surface area contributed by atoms with Gasteiger partial charge in [0.1, 0.15) is 0 Å². The van der Waals surface area contributed by atoms with Crippen LogP contribution in [0, 0.1) is 5.92 Å². The molecule has 2 unspecified atom stereocenters. The number of rotatable bonds is 8. The van der Waals surface area contributed by atoms with Gasteiger partial charge in [-0.2, -0.15) is 12.6 Å². The maximum atomic E-state index is 13.6. The van der Waals surface area contributed by atoms with Gasteiger partial charge in [0.2, 0.25) is 0 Å². The van der Waals surface area contributed by atoms with Crippen LogP contribution in [0.25, 0.3) is 10.9 Å². The van der Waals surface area contributed by atoms with E-state index in [-0.39, 0.29) is 18.2 Å². The van der Waals surface area contributed by atoms with E-state index in [4.69, 9.17) is 4.84 Å². The van der Waals surface area contributed by atoms with Crippen molar-refractivity contribution in [3.63, 3.8) is 0 Å². The topological polar surface area (TPSA) is 82.6 Å². The highest BCUT2D eigenvalue weighted by Gasteiger charge is 2.40. The molecule has 2 N–H and O–H groups in total. The van der Waals surface area contributed by atoms with Crippen molar-refractivity contribution >= 4 is 51.3 Å². The first-order valence-corrected chi connectivity index (χ1v) is 11.9. The molecule has 0 radical (unpaired) electrons. The number of fused-ring (bicyclic) bond motifs is 2. The Kier molecular flexibility index (Phi) is 6.93. The van der Waals surface area contributed by atoms with Crippen molar-refractivity contribution in [2.75, 3.05) is 12.9 Å². The van der Waals surface area contributed by atoms with Crippen molar-refractivity contribution in [1.82, 2.24) is 10.0 Å². The van der Waals surface area contributed by atoms with Crippen LogP contribution >= 0.6 is 28.6 Å². The quantitative estimate of drug-likeness (QED) is 0.302. The van der Waals surface area contributed by atoms with Crippen molar-refractivity contribution in [1.29, 1.82) is 0 Å². The Morgan fingerprint density at radius 2 is 2.09 bits per heavy atom. The van der Waals surface area contributed by atoms with Gasteiger partial charge in [0, 0.05) is 33.7 Å². The molecular formula is C24H25BrN2O4S. The summed E-state index contributed by atoms with van der Waals surface area (Å²) < 4.78 is 1.01. The maximum Gasteiger partial charge on any atom is 0.329 e. The number of halogens is 1. The van der Waals surface area contributed by atoms with Gasteiger partial charge in [-0.1, -0.05) is 40.2 Å². The molecule has 32 heavy (non-hydrogen) atoms. The average Bonchev–Trinajstić information content (AvgIpc) is 3.38. The summed E-state index contributed by atoms with van der Waals surface area (Å²) in [4.78, 5) is 34.4. The summed E-state index contributed by atoms with van der Waals surface area (Å²) in [5.74, 6) is -1.67. The number of aromatic amines is 1. The molecule has 3 atom stereocenters. The van der Waals surface area contributed by atoms with Crippen LogP contribution in [-0.4, -0.2) is 45.9 Å². The predicted molar refractivity (Wildman–Crippen MR) is 130 cm³/mol. The van der Waals surface area contributed by atoms with Crippen molar-refractivity contribution < 1.29 is 19.5 Å². The molecule has 1 aliphatic rings. The average molecular weight is 517 g/mol. The van der Waals surface area contributed by atoms with Gasteiger partial charge in [-0.15, -0.1) is 0 Å². The van der Waals surface area contributed by atoms with Crippen molar-refractivity contribution in [2.24, 2.45) is 5.92 Å². The molecule has 168 valence electrons. The second kappa shape index (κ2) is 9.68. The summed E-state index contributed by atoms with van der Waals surface area (Å²) in [6.07, 6.45) is 3.62. The molecule has 0 saturated carbocycles. The van der Waals surface area contributed by atoms with E-state index in [0.717, 1.165) is 44.4 Å². The second-order valence-corrected chi connectivity index (χ2v) is 9.32. The SMILES string of the molecule is CON(C(=O)C(CS)C1CCc2cc(Br)ccc21)[C@@H](Cc1c[nH]c2ccccc12)C(=O)O. The summed E-state index contributed by atoms with van der Waals surface area (Å²) in [5, 5.41) is 12.0. The number of hydrogen-bond acceptors (Lipinski definition) is 4. The predicted octanol–water partition coefficient (Wildman–Crippen LogP) is 4.59. The number of aromatic nitrogens is 1. The summed E-state index contributed by atoms with van der Waals surface area (Å²) in [6, 6.07) is 12.6. The van der Waals surface area contributed by atoms with Crippen LogP contribution in [0.5, 0.6) is 0 Å². The smallest absolute Gasteiger partial charge is 0.329 e. The van der Waals surface area contributed by atoms with Gasteiger partial charge in [0.25, 0.3) is 5.91 Å². The largest absolute Gasteiger partial charge is 0.480 e. The molecule has 0 aliphatic heterocycles. The molecule has 2 aromatic carbocycles. The monoisotopic (exact) mass is 516 g/mol. The number of aliphatic carboxylic acids is 1. The number of carboxylic acids is 1. The minimum absolute atomic E-state index is 0.0247. The van der Waals surface area contributed by atoms with Crippen molar-refractivity contribution in [3.05, 3.63) is 69.8 Å². The Bertz CT molecular complexity index is 1150. The fourth-order valence-electron chi connectivity index (χ4n) is 4.73. The first-order valence-electron chi connectivity index (χ1n) is 10.5. The van der Waals surface area contributed by atoms with E-state index in [9.17, 15) is 14.7 Å². The third kappa shape index (κ3) is 4.31. The number of carbonyl (C=O) groups excluding carboxylic acids is 1. The second-order valence-electron chi connectivity index (χ2n) is 8.04. The lowest BCUT2D eigenvalue weighted by Crippen LogP contribution is -2.49. The molecular weight excluding hydrogens is 492 g/mol. The highest BCUT2D eigenvalue weighted by atomic mass is 79.9. The van der Waals surface area contributed by atoms with Crippen molar-refractivity contribution in [2.45, 2.75) is 31.2 Å². The van der Waals surface area contributed by atoms with Crippen LogP contribution in [0.3, 0.4) is 0 Å². The van der Waals surface area contributed by atoms with Crippen LogP contribution in [0.1, 0.15) is 29.0 Å². The van der Waals surface area contributed by atoms with E-state index >= 15 is 0 Å². The highest BCUT2D eigenvalue weighted by Crippen LogP contribution is 2.41. The molecule has 4 rings (SSSR count). The lowest BCUT2D eigenvalue weighted by atomic mass is 9.87. The molecule has 1 aliphatic carbocycles. The third-order valence-electron chi connectivity index (χ3n) is 6.30. The van der Waals surface area contributed by atoms with Crippen LogP contribution in [0.15, 0.2) is 53.1 Å². The number of hydrogen-bond donors (Lipinski definition) is 3. The van der Waals surface area contributed by atoms with E-state index in [1.165, 1.54) is 12.7 Å². The number of amides is 1. The number of hydroxylamine groups is 2. The standard InChI is InChI=1S/C24H25BrN2O4S/c1-31-27(22(24(29)30)11-15-12-26-21-5-3-2-4-18(15)21)23(28)20(13-32)19-8-6-14-10-16(25)7-9-17(14)19/h2-5,7,9-10,12,19-20,22,26,32H,6,8,11,13H2,1H3,(H,29,30)/t19?,20?,22-/m0/s1. The fraction of sp³-hybridized carbons (Fsp3) is 0.333. The van der Waals surface area contributed by atoms with Gasteiger partial charge in [-0.25, -0.2) is 9.86 Å². The summed E-state index contributed by atoms with van der Waals surface area (Å²) in [5.41, 5.74) is 4.08. The Balaban J connectivity index is 1.61. The van der Waals surface area contributed by atoms with E-state index < -0.39 is 17.9 Å². The van der Waals surface area contributed by atoms with Crippen LogP contribution < -0.4 is 0 Å². The van der Waals surface area contributed by atoms with Crippen LogP contribution in [0.2, 0.25) is 0 Å². The van der Waals surface area contributed by atoms with E-state index in [2.05, 4.69) is 39.6 Å². The summed E-state index contributed by atoms with van der Waals surface area (Å²) in [6.45, 7) is 0. The maximum absolute atomic E-state index is 13.6. The highest BCUT2D eigenvalue weighted by molar-refractivity contribution is 9.10. The number of aryl methyl sites for hydroxylation is 1. The number of carbonyl (C=O) groups is 2. The zero-order chi connectivity index (χ0) is 22.8. The molecule has 6 nitrogen and oxygen atoms in total. The zero-order valence-electron chi connectivity index (χ0n) is 17.6. The minimum atomic E-state index is -1.15. The lowest BCUT2D eigenvalue weighted by molar-refractivity contribution is -0.200. The van der Waals surface area contributed by atoms with Gasteiger partial charge in [-0.3, -0.25) is 9.63 Å². The Labute approximate surface area is 200 Å². The molecule has 0 saturated heterocycles. The van der Waals surface area contributed by atoms with Gasteiger partial charge in [0.05, 0.1) is 13.0 Å². The summed E-state index contributed by atoms with van der Waals surface area (Å²) in [7, 11) is 1.35. The van der Waals surface area contributed by atoms with Gasteiger partial charge < -0.3 is 10.1 Å². The Hall–Kier alpha value is -2.29. The molecule has 8 heteroatoms. The van der Waals surface area contributed by atoms with Crippen LogP contribution in [0.4, 0.5) is 0 Å². The Morgan fingerprint density at radius 3 is 2.81 bits per heavy atom. The molecule has 1 amide bonds. The first-order chi connectivity index (χ1) is 15.4. The number of para-hydroxylation sites is 1. The summed E-state index contributed by atoms with van der Waals surface area (Å²) >= 11 is 7.97. The van der Waals surface area contributed by atoms with E-state index in [0.29, 0.717) is 5.75 Å². The number of nitrogens with zero attached hydrogens (tertiary/aromatic N) is 1. The number of carboxylic acid groups (broad SMARTS) is 1.